The Morgan fingerprint density at radius 1 is 1.21 bits per heavy atom. The SMILES string of the molecule is CCOC(=O)N1CCN(C(=O)OC(C)(C)C)C[C@@H]1C. The van der Waals surface area contributed by atoms with Gasteiger partial charge in [0.2, 0.25) is 0 Å². The molecule has 0 bridgehead atoms. The number of ether oxygens (including phenoxy) is 2. The molecule has 110 valence electrons. The van der Waals surface area contributed by atoms with E-state index in [0.29, 0.717) is 26.2 Å². The molecule has 6 nitrogen and oxygen atoms in total. The van der Waals surface area contributed by atoms with Crippen LogP contribution in [0.3, 0.4) is 0 Å². The van der Waals surface area contributed by atoms with Crippen molar-refractivity contribution in [2.75, 3.05) is 26.2 Å². The average molecular weight is 272 g/mol. The molecule has 0 aromatic rings. The first-order chi connectivity index (χ1) is 8.74. The lowest BCUT2D eigenvalue weighted by Crippen LogP contribution is -2.56. The van der Waals surface area contributed by atoms with Crippen molar-refractivity contribution in [1.82, 2.24) is 9.80 Å². The van der Waals surface area contributed by atoms with Gasteiger partial charge < -0.3 is 19.3 Å². The quantitative estimate of drug-likeness (QED) is 0.733. The van der Waals surface area contributed by atoms with E-state index in [0.717, 1.165) is 0 Å². The first-order valence-corrected chi connectivity index (χ1v) is 6.66. The molecule has 1 saturated heterocycles. The van der Waals surface area contributed by atoms with Crippen LogP contribution in [0.4, 0.5) is 9.59 Å². The monoisotopic (exact) mass is 272 g/mol. The lowest BCUT2D eigenvalue weighted by molar-refractivity contribution is 0.00440. The topological polar surface area (TPSA) is 59.1 Å². The van der Waals surface area contributed by atoms with Crippen molar-refractivity contribution >= 4 is 12.2 Å². The summed E-state index contributed by atoms with van der Waals surface area (Å²) >= 11 is 0. The number of hydrogen-bond acceptors (Lipinski definition) is 4. The molecule has 0 radical (unpaired) electrons. The lowest BCUT2D eigenvalue weighted by atomic mass is 10.2. The number of amides is 2. The van der Waals surface area contributed by atoms with Crippen molar-refractivity contribution in [3.63, 3.8) is 0 Å². The summed E-state index contributed by atoms with van der Waals surface area (Å²) in [5.74, 6) is 0. The normalized spacial score (nSPS) is 20.2. The Balaban J connectivity index is 2.54. The standard InChI is InChI=1S/C13H24N2O4/c1-6-18-12(17)15-8-7-14(9-10(15)2)11(16)19-13(3,4)5/h10H,6-9H2,1-5H3/t10-/m0/s1. The molecule has 0 aromatic heterocycles. The Kier molecular flexibility index (Phi) is 5.03. The molecule has 0 aliphatic carbocycles. The van der Waals surface area contributed by atoms with Crippen LogP contribution >= 0.6 is 0 Å². The Hall–Kier alpha value is -1.46. The number of piperazine rings is 1. The Morgan fingerprint density at radius 2 is 1.84 bits per heavy atom. The van der Waals surface area contributed by atoms with Gasteiger partial charge in [-0.25, -0.2) is 9.59 Å². The van der Waals surface area contributed by atoms with Crippen molar-refractivity contribution in [3.8, 4) is 0 Å². The van der Waals surface area contributed by atoms with Crippen molar-refractivity contribution < 1.29 is 19.1 Å². The third kappa shape index (κ3) is 4.61. The van der Waals surface area contributed by atoms with E-state index in [9.17, 15) is 9.59 Å². The number of nitrogens with zero attached hydrogens (tertiary/aromatic N) is 2. The van der Waals surface area contributed by atoms with Gasteiger partial charge in [-0.15, -0.1) is 0 Å². The first kappa shape index (κ1) is 15.6. The van der Waals surface area contributed by atoms with Gasteiger partial charge >= 0.3 is 12.2 Å². The van der Waals surface area contributed by atoms with Crippen molar-refractivity contribution in [2.45, 2.75) is 46.3 Å². The lowest BCUT2D eigenvalue weighted by Gasteiger charge is -2.39. The zero-order valence-electron chi connectivity index (χ0n) is 12.4. The largest absolute Gasteiger partial charge is 0.450 e. The average Bonchev–Trinajstić information content (AvgIpc) is 2.26. The van der Waals surface area contributed by atoms with Crippen LogP contribution in [-0.4, -0.2) is 59.9 Å². The second kappa shape index (κ2) is 6.12. The fourth-order valence-electron chi connectivity index (χ4n) is 1.93. The predicted octanol–water partition coefficient (Wildman–Crippen LogP) is 2.08. The highest BCUT2D eigenvalue weighted by Gasteiger charge is 2.32. The zero-order valence-corrected chi connectivity index (χ0v) is 12.4. The Labute approximate surface area is 114 Å². The van der Waals surface area contributed by atoms with Gasteiger partial charge in [0.25, 0.3) is 0 Å². The summed E-state index contributed by atoms with van der Waals surface area (Å²) in [4.78, 5) is 26.9. The predicted molar refractivity (Wildman–Crippen MR) is 71.0 cm³/mol. The van der Waals surface area contributed by atoms with Crippen LogP contribution in [0.15, 0.2) is 0 Å². The van der Waals surface area contributed by atoms with E-state index in [1.165, 1.54) is 0 Å². The summed E-state index contributed by atoms with van der Waals surface area (Å²) in [7, 11) is 0. The Morgan fingerprint density at radius 3 is 2.32 bits per heavy atom. The summed E-state index contributed by atoms with van der Waals surface area (Å²) in [5, 5.41) is 0. The molecule has 1 atom stereocenters. The van der Waals surface area contributed by atoms with Gasteiger partial charge in [-0.05, 0) is 34.6 Å². The van der Waals surface area contributed by atoms with E-state index in [1.807, 2.05) is 27.7 Å². The molecular formula is C13H24N2O4. The van der Waals surface area contributed by atoms with Crippen molar-refractivity contribution in [1.29, 1.82) is 0 Å². The summed E-state index contributed by atoms with van der Waals surface area (Å²) < 4.78 is 10.3. The molecule has 1 aliphatic rings. The zero-order chi connectivity index (χ0) is 14.6. The molecule has 0 unspecified atom stereocenters. The van der Waals surface area contributed by atoms with Crippen molar-refractivity contribution in [2.24, 2.45) is 0 Å². The maximum atomic E-state index is 11.9. The van der Waals surface area contributed by atoms with Gasteiger partial charge in [-0.3, -0.25) is 0 Å². The fourth-order valence-corrected chi connectivity index (χ4v) is 1.93. The summed E-state index contributed by atoms with van der Waals surface area (Å²) in [6.45, 7) is 10.9. The molecule has 1 aliphatic heterocycles. The second-order valence-corrected chi connectivity index (χ2v) is 5.67. The second-order valence-electron chi connectivity index (χ2n) is 5.67. The van der Waals surface area contributed by atoms with E-state index in [4.69, 9.17) is 9.47 Å². The molecule has 1 heterocycles. The van der Waals surface area contributed by atoms with Crippen LogP contribution in [0, 0.1) is 0 Å². The van der Waals surface area contributed by atoms with Crippen LogP contribution in [-0.2, 0) is 9.47 Å². The first-order valence-electron chi connectivity index (χ1n) is 6.66. The van der Waals surface area contributed by atoms with Gasteiger partial charge in [-0.2, -0.15) is 0 Å². The summed E-state index contributed by atoms with van der Waals surface area (Å²) in [5.41, 5.74) is -0.501. The van der Waals surface area contributed by atoms with E-state index < -0.39 is 5.60 Å². The van der Waals surface area contributed by atoms with E-state index in [1.54, 1.807) is 16.7 Å². The molecule has 0 spiro atoms. The van der Waals surface area contributed by atoms with Crippen molar-refractivity contribution in [3.05, 3.63) is 0 Å². The highest BCUT2D eigenvalue weighted by atomic mass is 16.6. The van der Waals surface area contributed by atoms with E-state index >= 15 is 0 Å². The van der Waals surface area contributed by atoms with Crippen LogP contribution in [0.1, 0.15) is 34.6 Å². The maximum absolute atomic E-state index is 11.9. The molecule has 0 N–H and O–H groups in total. The third-order valence-corrected chi connectivity index (χ3v) is 2.78. The highest BCUT2D eigenvalue weighted by molar-refractivity contribution is 5.71. The minimum Gasteiger partial charge on any atom is -0.450 e. The molecule has 1 rings (SSSR count). The van der Waals surface area contributed by atoms with Crippen LogP contribution in [0.25, 0.3) is 0 Å². The molecule has 6 heteroatoms. The smallest absolute Gasteiger partial charge is 0.410 e. The van der Waals surface area contributed by atoms with Crippen LogP contribution < -0.4 is 0 Å². The molecule has 2 amide bonds. The Bertz CT molecular complexity index is 338. The van der Waals surface area contributed by atoms with Gasteiger partial charge in [-0.1, -0.05) is 0 Å². The van der Waals surface area contributed by atoms with Crippen LogP contribution in [0.5, 0.6) is 0 Å². The fraction of sp³-hybridized carbons (Fsp3) is 0.846. The number of carbonyl (C=O) groups is 2. The minimum atomic E-state index is -0.501. The van der Waals surface area contributed by atoms with Gasteiger partial charge in [0, 0.05) is 19.6 Å². The molecule has 19 heavy (non-hydrogen) atoms. The summed E-state index contributed by atoms with van der Waals surface area (Å²) in [6.07, 6.45) is -0.651. The minimum absolute atomic E-state index is 0.0691. The molecule has 0 aromatic carbocycles. The highest BCUT2D eigenvalue weighted by Crippen LogP contribution is 2.15. The van der Waals surface area contributed by atoms with E-state index in [-0.39, 0.29) is 18.2 Å². The number of hydrogen-bond donors (Lipinski definition) is 0. The maximum Gasteiger partial charge on any atom is 0.410 e. The van der Waals surface area contributed by atoms with Gasteiger partial charge in [0.05, 0.1) is 12.6 Å². The van der Waals surface area contributed by atoms with E-state index in [2.05, 4.69) is 0 Å². The number of rotatable bonds is 1. The number of carbonyl (C=O) groups excluding carboxylic acids is 2. The van der Waals surface area contributed by atoms with Crippen LogP contribution in [0.2, 0.25) is 0 Å². The molecular weight excluding hydrogens is 248 g/mol. The molecule has 1 fully saturated rings. The third-order valence-electron chi connectivity index (χ3n) is 2.78. The molecule has 0 saturated carbocycles. The van der Waals surface area contributed by atoms with Gasteiger partial charge in [0.15, 0.2) is 0 Å². The summed E-state index contributed by atoms with van der Waals surface area (Å²) in [6, 6.07) is -0.0691. The van der Waals surface area contributed by atoms with Gasteiger partial charge in [0.1, 0.15) is 5.60 Å².